The first-order valence-electron chi connectivity index (χ1n) is 8.29. The molecule has 1 fully saturated rings. The van der Waals surface area contributed by atoms with Gasteiger partial charge in [-0.25, -0.2) is 0 Å². The van der Waals surface area contributed by atoms with Crippen LogP contribution in [-0.4, -0.2) is 32.3 Å². The number of methoxy groups -OCH3 is 2. The smallest absolute Gasteiger partial charge is 0.128 e. The summed E-state index contributed by atoms with van der Waals surface area (Å²) in [6, 6.07) is 8.08. The summed E-state index contributed by atoms with van der Waals surface area (Å²) in [5, 5.41) is 9.66. The molecule has 0 amide bonds. The van der Waals surface area contributed by atoms with E-state index >= 15 is 0 Å². The van der Waals surface area contributed by atoms with Crippen molar-refractivity contribution in [1.82, 2.24) is 4.98 Å². The van der Waals surface area contributed by atoms with E-state index in [4.69, 9.17) is 9.47 Å². The van der Waals surface area contributed by atoms with Gasteiger partial charge in [0.15, 0.2) is 0 Å². The molecule has 0 atom stereocenters. The molecule has 1 N–H and O–H groups in total. The first-order chi connectivity index (χ1) is 11.7. The fourth-order valence-electron chi connectivity index (χ4n) is 3.35. The second-order valence-electron chi connectivity index (χ2n) is 6.07. The zero-order valence-corrected chi connectivity index (χ0v) is 14.5. The van der Waals surface area contributed by atoms with Gasteiger partial charge in [-0.05, 0) is 49.9 Å². The highest BCUT2D eigenvalue weighted by molar-refractivity contribution is 5.78. The third-order valence-electron chi connectivity index (χ3n) is 4.69. The van der Waals surface area contributed by atoms with Crippen LogP contribution < -0.4 is 14.4 Å². The van der Waals surface area contributed by atoms with Crippen LogP contribution in [0.4, 0.5) is 5.82 Å². The molecule has 5 nitrogen and oxygen atoms in total. The number of hydrogen-bond donors (Lipinski definition) is 1. The van der Waals surface area contributed by atoms with E-state index in [1.807, 2.05) is 25.1 Å². The van der Waals surface area contributed by atoms with Crippen molar-refractivity contribution in [2.45, 2.75) is 26.2 Å². The Morgan fingerprint density at radius 1 is 1.12 bits per heavy atom. The number of anilines is 1. The molecule has 1 aromatic carbocycles. The van der Waals surface area contributed by atoms with Crippen molar-refractivity contribution >= 4 is 5.82 Å². The average molecular weight is 325 g/mol. The highest BCUT2D eigenvalue weighted by atomic mass is 16.5. The van der Waals surface area contributed by atoms with Crippen molar-refractivity contribution in [2.75, 3.05) is 32.2 Å². The molecule has 5 heteroatoms. The summed E-state index contributed by atoms with van der Waals surface area (Å²) < 4.78 is 10.9. The van der Waals surface area contributed by atoms with Crippen LogP contribution in [0.2, 0.25) is 0 Å². The molecular weight excluding hydrogens is 302 g/mol. The second-order valence-corrected chi connectivity index (χ2v) is 6.07. The van der Waals surface area contributed by atoms with Crippen molar-refractivity contribution in [2.24, 2.45) is 0 Å². The van der Waals surface area contributed by atoms with Crippen LogP contribution in [0.25, 0.3) is 11.3 Å². The van der Waals surface area contributed by atoms with Crippen molar-refractivity contribution < 1.29 is 9.47 Å². The Morgan fingerprint density at radius 3 is 2.50 bits per heavy atom. The number of piperidine rings is 1. The van der Waals surface area contributed by atoms with Gasteiger partial charge in [0.05, 0.1) is 25.5 Å². The van der Waals surface area contributed by atoms with Crippen LogP contribution in [0.1, 0.15) is 30.4 Å². The number of ether oxygens (including phenoxy) is 2. The Morgan fingerprint density at radius 2 is 1.88 bits per heavy atom. The minimum atomic E-state index is 0.719. The molecule has 0 saturated carbocycles. The van der Waals surface area contributed by atoms with Gasteiger partial charge in [0.1, 0.15) is 23.4 Å². The quantitative estimate of drug-likeness (QED) is 0.927. The van der Waals surface area contributed by atoms with Crippen molar-refractivity contribution in [3.63, 3.8) is 0 Å². The predicted octanol–water partition coefficient (Wildman–Crippen LogP) is 3.87. The van der Waals surface area contributed by atoms with Gasteiger partial charge in [-0.15, -0.1) is 0 Å². The maximum Gasteiger partial charge on any atom is 0.128 e. The number of nitriles is 1. The third-order valence-corrected chi connectivity index (χ3v) is 4.69. The van der Waals surface area contributed by atoms with Crippen molar-refractivity contribution in [3.8, 4) is 28.8 Å². The molecule has 126 valence electrons. The fraction of sp³-hybridized carbons (Fsp3) is 0.421. The molecule has 0 spiro atoms. The summed E-state index contributed by atoms with van der Waals surface area (Å²) in [5.41, 5.74) is 3.50. The Labute approximate surface area is 142 Å². The highest BCUT2D eigenvalue weighted by Crippen LogP contribution is 2.39. The largest absolute Gasteiger partial charge is 0.497 e. The average Bonchev–Trinajstić information content (AvgIpc) is 2.98. The SMILES string of the molecule is COc1ccc(OC)c(-c2[nH]c(N3CCCCC3)c(C#N)c2C)c1. The summed E-state index contributed by atoms with van der Waals surface area (Å²) in [4.78, 5) is 5.76. The topological polar surface area (TPSA) is 61.3 Å². The minimum Gasteiger partial charge on any atom is -0.497 e. The molecular formula is C19H23N3O2. The standard InChI is InChI=1S/C19H23N3O2/c1-13-16(12-20)19(22-9-5-4-6-10-22)21-18(13)15-11-14(23-2)7-8-17(15)24-3/h7-8,11,21H,4-6,9-10H2,1-3H3. The van der Waals surface area contributed by atoms with Gasteiger partial charge >= 0.3 is 0 Å². The first-order valence-corrected chi connectivity index (χ1v) is 8.29. The lowest BCUT2D eigenvalue weighted by Gasteiger charge is -2.27. The molecule has 1 aliphatic rings. The number of aromatic amines is 1. The molecule has 2 aromatic rings. The third kappa shape index (κ3) is 2.80. The van der Waals surface area contributed by atoms with E-state index in [2.05, 4.69) is 16.0 Å². The summed E-state index contributed by atoms with van der Waals surface area (Å²) >= 11 is 0. The van der Waals surface area contributed by atoms with Gasteiger partial charge in [0.25, 0.3) is 0 Å². The van der Waals surface area contributed by atoms with Crippen LogP contribution >= 0.6 is 0 Å². The molecule has 24 heavy (non-hydrogen) atoms. The fourth-order valence-corrected chi connectivity index (χ4v) is 3.35. The summed E-state index contributed by atoms with van der Waals surface area (Å²) in [7, 11) is 3.30. The second kappa shape index (κ2) is 6.88. The first kappa shape index (κ1) is 16.3. The number of hydrogen-bond acceptors (Lipinski definition) is 4. The van der Waals surface area contributed by atoms with E-state index in [-0.39, 0.29) is 0 Å². The maximum atomic E-state index is 9.66. The number of H-pyrrole nitrogens is 1. The molecule has 3 rings (SSSR count). The summed E-state index contributed by atoms with van der Waals surface area (Å²) in [6.45, 7) is 3.96. The Balaban J connectivity index is 2.12. The Kier molecular flexibility index (Phi) is 4.66. The molecule has 2 heterocycles. The lowest BCUT2D eigenvalue weighted by atomic mass is 10.0. The van der Waals surface area contributed by atoms with Gasteiger partial charge in [-0.1, -0.05) is 0 Å². The molecule has 0 unspecified atom stereocenters. The maximum absolute atomic E-state index is 9.66. The van der Waals surface area contributed by atoms with E-state index in [0.29, 0.717) is 0 Å². The van der Waals surface area contributed by atoms with Crippen molar-refractivity contribution in [1.29, 1.82) is 5.26 Å². The molecule has 0 bridgehead atoms. The van der Waals surface area contributed by atoms with E-state index in [0.717, 1.165) is 52.8 Å². The van der Waals surface area contributed by atoms with Crippen LogP contribution in [0.15, 0.2) is 18.2 Å². The number of nitrogens with one attached hydrogen (secondary N) is 1. The van der Waals surface area contributed by atoms with E-state index in [9.17, 15) is 5.26 Å². The van der Waals surface area contributed by atoms with Crippen LogP contribution in [-0.2, 0) is 0 Å². The Bertz CT molecular complexity index is 768. The molecule has 0 aliphatic carbocycles. The molecule has 1 aliphatic heterocycles. The monoisotopic (exact) mass is 325 g/mol. The van der Waals surface area contributed by atoms with Gasteiger partial charge < -0.3 is 19.4 Å². The summed E-state index contributed by atoms with van der Waals surface area (Å²) in [5.74, 6) is 2.45. The summed E-state index contributed by atoms with van der Waals surface area (Å²) in [6.07, 6.45) is 3.59. The van der Waals surface area contributed by atoms with Crippen LogP contribution in [0.3, 0.4) is 0 Å². The molecule has 0 radical (unpaired) electrons. The number of benzene rings is 1. The van der Waals surface area contributed by atoms with E-state index < -0.39 is 0 Å². The molecule has 1 saturated heterocycles. The lowest BCUT2D eigenvalue weighted by molar-refractivity contribution is 0.404. The van der Waals surface area contributed by atoms with Crippen LogP contribution in [0, 0.1) is 18.3 Å². The van der Waals surface area contributed by atoms with Gasteiger partial charge in [0.2, 0.25) is 0 Å². The minimum absolute atomic E-state index is 0.719. The lowest BCUT2D eigenvalue weighted by Crippen LogP contribution is -2.30. The zero-order valence-electron chi connectivity index (χ0n) is 14.5. The number of aromatic nitrogens is 1. The molecule has 1 aromatic heterocycles. The Hall–Kier alpha value is -2.61. The van der Waals surface area contributed by atoms with Gasteiger partial charge in [-0.3, -0.25) is 0 Å². The zero-order chi connectivity index (χ0) is 17.1. The number of nitrogens with zero attached hydrogens (tertiary/aromatic N) is 2. The van der Waals surface area contributed by atoms with Gasteiger partial charge in [0, 0.05) is 18.7 Å². The van der Waals surface area contributed by atoms with E-state index in [1.165, 1.54) is 19.3 Å². The highest BCUT2D eigenvalue weighted by Gasteiger charge is 2.23. The normalized spacial score (nSPS) is 14.3. The van der Waals surface area contributed by atoms with E-state index in [1.54, 1.807) is 14.2 Å². The van der Waals surface area contributed by atoms with Gasteiger partial charge in [-0.2, -0.15) is 5.26 Å². The predicted molar refractivity (Wildman–Crippen MR) is 94.8 cm³/mol. The van der Waals surface area contributed by atoms with Crippen molar-refractivity contribution in [3.05, 3.63) is 29.3 Å². The van der Waals surface area contributed by atoms with Crippen LogP contribution in [0.5, 0.6) is 11.5 Å². The number of rotatable bonds is 4.